The molecule has 2 N–H and O–H groups in total. The van der Waals surface area contributed by atoms with Gasteiger partial charge in [0.2, 0.25) is 5.76 Å². The summed E-state index contributed by atoms with van der Waals surface area (Å²) in [4.78, 5) is 22.5. The van der Waals surface area contributed by atoms with E-state index in [2.05, 4.69) is 0 Å². The Morgan fingerprint density at radius 2 is 1.90 bits per heavy atom. The van der Waals surface area contributed by atoms with Crippen molar-refractivity contribution < 1.29 is 23.5 Å². The number of rotatable bonds is 6. The summed E-state index contributed by atoms with van der Waals surface area (Å²) >= 11 is 0. The number of hydrogen-bond acceptors (Lipinski definition) is 5. The number of nitrogens with two attached hydrogens (primary N) is 1. The van der Waals surface area contributed by atoms with Crippen LogP contribution in [0.15, 0.2) is 46.9 Å². The van der Waals surface area contributed by atoms with E-state index in [-0.39, 0.29) is 12.4 Å². The molecule has 1 aromatic heterocycles. The molecule has 1 aromatic carbocycles. The molecular formula is C15H15NO5. The van der Waals surface area contributed by atoms with Gasteiger partial charge < -0.3 is 19.6 Å². The minimum atomic E-state index is -1.01. The maximum Gasteiger partial charge on any atom is 0.375 e. The summed E-state index contributed by atoms with van der Waals surface area (Å²) in [5.74, 6) is -0.303. The first-order chi connectivity index (χ1) is 10.1. The number of furan rings is 1. The van der Waals surface area contributed by atoms with Gasteiger partial charge in [-0.2, -0.15) is 0 Å². The van der Waals surface area contributed by atoms with Crippen molar-refractivity contribution in [3.05, 3.63) is 54.0 Å². The second-order valence-corrected chi connectivity index (χ2v) is 4.32. The largest absolute Gasteiger partial charge is 0.486 e. The number of carbonyl (C=O) groups excluding carboxylic acids is 2. The number of primary amides is 1. The predicted octanol–water partition coefficient (Wildman–Crippen LogP) is 1.89. The minimum absolute atomic E-state index is 0.00485. The molecule has 110 valence electrons. The molecule has 0 spiro atoms. The Bertz CT molecular complexity index is 620. The van der Waals surface area contributed by atoms with Crippen LogP contribution in [0.2, 0.25) is 0 Å². The van der Waals surface area contributed by atoms with E-state index in [0.717, 1.165) is 0 Å². The average molecular weight is 289 g/mol. The zero-order chi connectivity index (χ0) is 15.2. The van der Waals surface area contributed by atoms with Crippen molar-refractivity contribution in [1.82, 2.24) is 0 Å². The quantitative estimate of drug-likeness (QED) is 0.820. The molecule has 0 saturated heterocycles. The van der Waals surface area contributed by atoms with E-state index in [1.807, 2.05) is 30.3 Å². The lowest BCUT2D eigenvalue weighted by molar-refractivity contribution is -0.125. The van der Waals surface area contributed by atoms with Gasteiger partial charge in [0.15, 0.2) is 6.10 Å². The minimum Gasteiger partial charge on any atom is -0.486 e. The van der Waals surface area contributed by atoms with Crippen molar-refractivity contribution >= 4 is 11.9 Å². The van der Waals surface area contributed by atoms with Crippen LogP contribution in [-0.4, -0.2) is 18.0 Å². The summed E-state index contributed by atoms with van der Waals surface area (Å²) in [6, 6.07) is 12.3. The Labute approximate surface area is 121 Å². The van der Waals surface area contributed by atoms with Crippen molar-refractivity contribution in [3.8, 4) is 5.75 Å². The number of hydrogen-bond donors (Lipinski definition) is 1. The lowest BCUT2D eigenvalue weighted by Gasteiger charge is -2.07. The van der Waals surface area contributed by atoms with Gasteiger partial charge in [0.1, 0.15) is 18.1 Å². The van der Waals surface area contributed by atoms with E-state index in [4.69, 9.17) is 19.6 Å². The molecule has 1 amide bonds. The van der Waals surface area contributed by atoms with Crippen molar-refractivity contribution in [3.63, 3.8) is 0 Å². The molecule has 0 bridgehead atoms. The smallest absolute Gasteiger partial charge is 0.375 e. The third-order valence-electron chi connectivity index (χ3n) is 2.67. The molecule has 1 heterocycles. The van der Waals surface area contributed by atoms with Crippen molar-refractivity contribution in [1.29, 1.82) is 0 Å². The average Bonchev–Trinajstić information content (AvgIpc) is 2.95. The van der Waals surface area contributed by atoms with Crippen LogP contribution in [-0.2, 0) is 16.1 Å². The van der Waals surface area contributed by atoms with Crippen LogP contribution in [0, 0.1) is 0 Å². The highest BCUT2D eigenvalue weighted by Crippen LogP contribution is 2.14. The summed E-state index contributed by atoms with van der Waals surface area (Å²) in [6.45, 7) is 1.57. The summed E-state index contributed by atoms with van der Waals surface area (Å²) in [5, 5.41) is 0. The molecule has 1 unspecified atom stereocenters. The second-order valence-electron chi connectivity index (χ2n) is 4.32. The molecule has 2 rings (SSSR count). The maximum absolute atomic E-state index is 11.7. The van der Waals surface area contributed by atoms with Gasteiger partial charge in [0, 0.05) is 0 Å². The van der Waals surface area contributed by atoms with Gasteiger partial charge in [-0.25, -0.2) is 4.79 Å². The van der Waals surface area contributed by atoms with Crippen LogP contribution >= 0.6 is 0 Å². The molecule has 6 nitrogen and oxygen atoms in total. The standard InChI is InChI=1S/C15H15NO5/c1-10(14(16)17)20-15(18)13-8-7-12(21-13)9-19-11-5-3-2-4-6-11/h2-8,10H,9H2,1H3,(H2,16,17). The van der Waals surface area contributed by atoms with E-state index >= 15 is 0 Å². The van der Waals surface area contributed by atoms with E-state index in [0.29, 0.717) is 11.5 Å². The van der Waals surface area contributed by atoms with Crippen molar-refractivity contribution in [2.45, 2.75) is 19.6 Å². The lowest BCUT2D eigenvalue weighted by atomic mass is 10.3. The highest BCUT2D eigenvalue weighted by Gasteiger charge is 2.19. The van der Waals surface area contributed by atoms with Gasteiger partial charge >= 0.3 is 5.97 Å². The molecule has 0 aliphatic rings. The first-order valence-corrected chi connectivity index (χ1v) is 6.33. The van der Waals surface area contributed by atoms with Gasteiger partial charge in [-0.3, -0.25) is 4.79 Å². The van der Waals surface area contributed by atoms with Gasteiger partial charge in [0.05, 0.1) is 0 Å². The number of ether oxygens (including phenoxy) is 2. The van der Waals surface area contributed by atoms with Gasteiger partial charge in [-0.15, -0.1) is 0 Å². The SMILES string of the molecule is CC(OC(=O)c1ccc(COc2ccccc2)o1)C(N)=O. The van der Waals surface area contributed by atoms with Gasteiger partial charge in [-0.05, 0) is 31.2 Å². The molecule has 0 aliphatic heterocycles. The third-order valence-corrected chi connectivity index (χ3v) is 2.67. The first kappa shape index (κ1) is 14.6. The van der Waals surface area contributed by atoms with E-state index in [1.165, 1.54) is 13.0 Å². The van der Waals surface area contributed by atoms with Crippen LogP contribution < -0.4 is 10.5 Å². The Kier molecular flexibility index (Phi) is 4.61. The van der Waals surface area contributed by atoms with Crippen LogP contribution in [0.4, 0.5) is 0 Å². The first-order valence-electron chi connectivity index (χ1n) is 6.33. The molecule has 0 saturated carbocycles. The highest BCUT2D eigenvalue weighted by molar-refractivity contribution is 5.89. The molecule has 21 heavy (non-hydrogen) atoms. The summed E-state index contributed by atoms with van der Waals surface area (Å²) in [6.07, 6.45) is -1.01. The topological polar surface area (TPSA) is 91.8 Å². The Morgan fingerprint density at radius 1 is 1.19 bits per heavy atom. The highest BCUT2D eigenvalue weighted by atomic mass is 16.6. The zero-order valence-corrected chi connectivity index (χ0v) is 11.4. The summed E-state index contributed by atoms with van der Waals surface area (Å²) in [5.41, 5.74) is 5.01. The van der Waals surface area contributed by atoms with Gasteiger partial charge in [0.25, 0.3) is 5.91 Å². The van der Waals surface area contributed by atoms with E-state index < -0.39 is 18.0 Å². The molecule has 0 radical (unpaired) electrons. The Balaban J connectivity index is 1.92. The summed E-state index contributed by atoms with van der Waals surface area (Å²) < 4.78 is 15.6. The number of para-hydroxylation sites is 1. The molecule has 1 atom stereocenters. The fraction of sp³-hybridized carbons (Fsp3) is 0.200. The number of carbonyl (C=O) groups is 2. The van der Waals surface area contributed by atoms with Crippen LogP contribution in [0.5, 0.6) is 5.75 Å². The molecule has 0 fully saturated rings. The Morgan fingerprint density at radius 3 is 2.57 bits per heavy atom. The summed E-state index contributed by atoms with van der Waals surface area (Å²) in [7, 11) is 0. The monoisotopic (exact) mass is 289 g/mol. The molecule has 2 aromatic rings. The third kappa shape index (κ3) is 4.10. The number of amides is 1. The fourth-order valence-electron chi connectivity index (χ4n) is 1.51. The molecule has 0 aliphatic carbocycles. The van der Waals surface area contributed by atoms with Crippen LogP contribution in [0.25, 0.3) is 0 Å². The Hall–Kier alpha value is -2.76. The van der Waals surface area contributed by atoms with Crippen LogP contribution in [0.1, 0.15) is 23.2 Å². The van der Waals surface area contributed by atoms with Gasteiger partial charge in [-0.1, -0.05) is 18.2 Å². The zero-order valence-electron chi connectivity index (χ0n) is 11.4. The number of esters is 1. The lowest BCUT2D eigenvalue weighted by Crippen LogP contribution is -2.30. The van der Waals surface area contributed by atoms with E-state index in [1.54, 1.807) is 6.07 Å². The maximum atomic E-state index is 11.7. The predicted molar refractivity (Wildman–Crippen MR) is 73.6 cm³/mol. The van der Waals surface area contributed by atoms with Crippen LogP contribution in [0.3, 0.4) is 0 Å². The normalized spacial score (nSPS) is 11.7. The second kappa shape index (κ2) is 6.60. The van der Waals surface area contributed by atoms with E-state index in [9.17, 15) is 9.59 Å². The molecule has 6 heteroatoms. The van der Waals surface area contributed by atoms with Crippen molar-refractivity contribution in [2.24, 2.45) is 5.73 Å². The molecular weight excluding hydrogens is 274 g/mol. The fourth-order valence-corrected chi connectivity index (χ4v) is 1.51. The van der Waals surface area contributed by atoms with Crippen molar-refractivity contribution in [2.75, 3.05) is 0 Å². The number of benzene rings is 1.